The first-order valence-corrected chi connectivity index (χ1v) is 4.77. The lowest BCUT2D eigenvalue weighted by Gasteiger charge is -2.02. The molecule has 0 aromatic heterocycles. The van der Waals surface area contributed by atoms with Gasteiger partial charge in [0.05, 0.1) is 0 Å². The Morgan fingerprint density at radius 3 is 2.77 bits per heavy atom. The van der Waals surface area contributed by atoms with E-state index in [-0.39, 0.29) is 5.62 Å². The fraction of sp³-hybridized carbons (Fsp3) is 0.222. The largest absolute Gasteiger partial charge is 0.350 e. The smallest absolute Gasteiger partial charge is 0.281 e. The minimum absolute atomic E-state index is 0.296. The van der Waals surface area contributed by atoms with Crippen LogP contribution in [0.15, 0.2) is 35.5 Å². The molecule has 0 fully saturated rings. The molecule has 0 saturated carbocycles. The molecule has 1 heterocycles. The maximum atomic E-state index is 5.00. The Morgan fingerprint density at radius 2 is 2.15 bits per heavy atom. The molecule has 0 saturated heterocycles. The van der Waals surface area contributed by atoms with Crippen molar-refractivity contribution in [1.82, 2.24) is 0 Å². The summed E-state index contributed by atoms with van der Waals surface area (Å²) in [4.78, 5) is 5.00. The van der Waals surface area contributed by atoms with E-state index in [1.807, 2.05) is 30.3 Å². The van der Waals surface area contributed by atoms with Crippen LogP contribution in [0.2, 0.25) is 0 Å². The summed E-state index contributed by atoms with van der Waals surface area (Å²) in [5.74, 6) is 0. The summed E-state index contributed by atoms with van der Waals surface area (Å²) in [5.41, 5.74) is 0.766. The second-order valence-electron chi connectivity index (χ2n) is 2.51. The standard InChI is InChI=1S/C9H9NO2S/c1-11-9-12-10-8(13-9)7-5-3-2-4-6-7/h2-6,9H,1H3. The molecular weight excluding hydrogens is 186 g/mol. The third-order valence-electron chi connectivity index (χ3n) is 1.64. The summed E-state index contributed by atoms with van der Waals surface area (Å²) in [6.45, 7) is 0. The minimum Gasteiger partial charge on any atom is -0.350 e. The SMILES string of the molecule is COC1ON=C(c2ccccc2)S1. The lowest BCUT2D eigenvalue weighted by atomic mass is 10.2. The molecule has 1 atom stereocenters. The van der Waals surface area contributed by atoms with Gasteiger partial charge in [-0.2, -0.15) is 0 Å². The van der Waals surface area contributed by atoms with Crippen LogP contribution in [-0.4, -0.2) is 17.8 Å². The third kappa shape index (κ3) is 1.84. The van der Waals surface area contributed by atoms with E-state index in [0.717, 1.165) is 10.6 Å². The molecule has 0 aliphatic carbocycles. The monoisotopic (exact) mass is 195 g/mol. The molecule has 1 aromatic carbocycles. The zero-order valence-electron chi connectivity index (χ0n) is 7.14. The zero-order chi connectivity index (χ0) is 9.10. The summed E-state index contributed by atoms with van der Waals surface area (Å²) < 4.78 is 4.99. The van der Waals surface area contributed by atoms with E-state index < -0.39 is 0 Å². The first-order valence-electron chi connectivity index (χ1n) is 3.89. The van der Waals surface area contributed by atoms with Crippen LogP contribution in [0.4, 0.5) is 0 Å². The fourth-order valence-corrected chi connectivity index (χ4v) is 1.74. The Hall–Kier alpha value is -1.00. The van der Waals surface area contributed by atoms with E-state index in [0.29, 0.717) is 0 Å². The van der Waals surface area contributed by atoms with Gasteiger partial charge in [-0.3, -0.25) is 0 Å². The third-order valence-corrected chi connectivity index (χ3v) is 2.65. The highest BCUT2D eigenvalue weighted by atomic mass is 32.2. The molecule has 0 bridgehead atoms. The number of rotatable bonds is 2. The zero-order valence-corrected chi connectivity index (χ0v) is 7.95. The van der Waals surface area contributed by atoms with E-state index in [1.165, 1.54) is 11.8 Å². The van der Waals surface area contributed by atoms with Crippen molar-refractivity contribution < 1.29 is 9.57 Å². The Morgan fingerprint density at radius 1 is 1.38 bits per heavy atom. The highest BCUT2D eigenvalue weighted by molar-refractivity contribution is 8.14. The molecule has 1 aliphatic rings. The number of ether oxygens (including phenoxy) is 1. The second kappa shape index (κ2) is 3.81. The maximum Gasteiger partial charge on any atom is 0.281 e. The minimum atomic E-state index is -0.296. The molecule has 1 unspecified atom stereocenters. The molecule has 0 N–H and O–H groups in total. The lowest BCUT2D eigenvalue weighted by Crippen LogP contribution is -2.02. The normalized spacial score (nSPS) is 21.0. The number of hydrogen-bond acceptors (Lipinski definition) is 4. The van der Waals surface area contributed by atoms with Gasteiger partial charge in [0.15, 0.2) is 0 Å². The van der Waals surface area contributed by atoms with Gasteiger partial charge in [0.2, 0.25) is 0 Å². The Labute approximate surface area is 80.7 Å². The molecule has 1 aliphatic heterocycles. The van der Waals surface area contributed by atoms with Crippen LogP contribution in [-0.2, 0) is 9.57 Å². The summed E-state index contributed by atoms with van der Waals surface area (Å²) >= 11 is 1.47. The van der Waals surface area contributed by atoms with Crippen LogP contribution < -0.4 is 0 Å². The van der Waals surface area contributed by atoms with E-state index in [9.17, 15) is 0 Å². The molecule has 2 rings (SSSR count). The summed E-state index contributed by atoms with van der Waals surface area (Å²) in [7, 11) is 1.60. The molecule has 0 radical (unpaired) electrons. The topological polar surface area (TPSA) is 30.8 Å². The van der Waals surface area contributed by atoms with Crippen molar-refractivity contribution in [2.75, 3.05) is 7.11 Å². The van der Waals surface area contributed by atoms with Crippen LogP contribution >= 0.6 is 11.8 Å². The van der Waals surface area contributed by atoms with Gasteiger partial charge < -0.3 is 9.57 Å². The number of oxime groups is 1. The number of methoxy groups -OCH3 is 1. The van der Waals surface area contributed by atoms with Crippen molar-refractivity contribution in [2.45, 2.75) is 5.62 Å². The predicted molar refractivity (Wildman–Crippen MR) is 52.5 cm³/mol. The van der Waals surface area contributed by atoms with Crippen molar-refractivity contribution in [3.63, 3.8) is 0 Å². The summed E-state index contributed by atoms with van der Waals surface area (Å²) in [6.07, 6.45) is 0. The van der Waals surface area contributed by atoms with Crippen molar-refractivity contribution in [3.8, 4) is 0 Å². The maximum absolute atomic E-state index is 5.00. The summed E-state index contributed by atoms with van der Waals surface area (Å²) in [6, 6.07) is 9.90. The van der Waals surface area contributed by atoms with E-state index >= 15 is 0 Å². The molecule has 1 aromatic rings. The molecule has 68 valence electrons. The number of nitrogens with zero attached hydrogens (tertiary/aromatic N) is 1. The van der Waals surface area contributed by atoms with Gasteiger partial charge in [0.1, 0.15) is 5.04 Å². The molecule has 0 amide bonds. The van der Waals surface area contributed by atoms with E-state index in [2.05, 4.69) is 5.16 Å². The van der Waals surface area contributed by atoms with Crippen molar-refractivity contribution in [2.24, 2.45) is 5.16 Å². The highest BCUT2D eigenvalue weighted by Gasteiger charge is 2.21. The van der Waals surface area contributed by atoms with E-state index in [4.69, 9.17) is 9.57 Å². The lowest BCUT2D eigenvalue weighted by molar-refractivity contribution is -0.0527. The van der Waals surface area contributed by atoms with Gasteiger partial charge in [-0.1, -0.05) is 35.5 Å². The Kier molecular flexibility index (Phi) is 2.52. The Bertz CT molecular complexity index is 313. The van der Waals surface area contributed by atoms with Crippen LogP contribution in [0.3, 0.4) is 0 Å². The van der Waals surface area contributed by atoms with Gasteiger partial charge in [-0.25, -0.2) is 0 Å². The highest BCUT2D eigenvalue weighted by Crippen LogP contribution is 2.26. The average molecular weight is 195 g/mol. The summed E-state index contributed by atoms with van der Waals surface area (Å²) in [5, 5.41) is 4.78. The first-order chi connectivity index (χ1) is 6.40. The second-order valence-corrected chi connectivity index (χ2v) is 3.52. The van der Waals surface area contributed by atoms with Gasteiger partial charge >= 0.3 is 0 Å². The number of benzene rings is 1. The fourth-order valence-electron chi connectivity index (χ4n) is 1.02. The van der Waals surface area contributed by atoms with Crippen LogP contribution in [0.25, 0.3) is 0 Å². The Balaban J connectivity index is 2.12. The number of thioether (sulfide) groups is 1. The van der Waals surface area contributed by atoms with E-state index in [1.54, 1.807) is 7.11 Å². The van der Waals surface area contributed by atoms with Crippen LogP contribution in [0, 0.1) is 0 Å². The van der Waals surface area contributed by atoms with Gasteiger partial charge in [0.25, 0.3) is 5.62 Å². The number of hydrogen-bond donors (Lipinski definition) is 0. The van der Waals surface area contributed by atoms with Crippen LogP contribution in [0.1, 0.15) is 5.56 Å². The van der Waals surface area contributed by atoms with Crippen molar-refractivity contribution in [1.29, 1.82) is 0 Å². The van der Waals surface area contributed by atoms with Crippen molar-refractivity contribution >= 4 is 16.8 Å². The van der Waals surface area contributed by atoms with Crippen LogP contribution in [0.5, 0.6) is 0 Å². The van der Waals surface area contributed by atoms with Gasteiger partial charge in [-0.05, 0) is 11.8 Å². The molecule has 0 spiro atoms. The quantitative estimate of drug-likeness (QED) is 0.723. The first kappa shape index (κ1) is 8.59. The van der Waals surface area contributed by atoms with Crippen molar-refractivity contribution in [3.05, 3.63) is 35.9 Å². The average Bonchev–Trinajstić information content (AvgIpc) is 2.67. The molecule has 3 nitrogen and oxygen atoms in total. The molecule has 13 heavy (non-hydrogen) atoms. The van der Waals surface area contributed by atoms with Gasteiger partial charge in [0, 0.05) is 12.7 Å². The van der Waals surface area contributed by atoms with Gasteiger partial charge in [-0.15, -0.1) is 0 Å². The molecule has 4 heteroatoms. The molecular formula is C9H9NO2S. The predicted octanol–water partition coefficient (Wildman–Crippen LogP) is 2.04.